The van der Waals surface area contributed by atoms with E-state index in [1.54, 1.807) is 6.07 Å². The molecule has 1 fully saturated rings. The molecule has 2 aromatic heterocycles. The van der Waals surface area contributed by atoms with Gasteiger partial charge in [0.25, 0.3) is 0 Å². The van der Waals surface area contributed by atoms with Gasteiger partial charge in [-0.25, -0.2) is 9.97 Å². The van der Waals surface area contributed by atoms with Gasteiger partial charge in [-0.3, -0.25) is 0 Å². The Bertz CT molecular complexity index is 550. The van der Waals surface area contributed by atoms with Crippen molar-refractivity contribution in [3.63, 3.8) is 0 Å². The molecule has 1 aliphatic heterocycles. The summed E-state index contributed by atoms with van der Waals surface area (Å²) in [6, 6.07) is 11.7. The minimum Gasteiger partial charge on any atom is -0.384 e. The highest BCUT2D eigenvalue weighted by molar-refractivity contribution is 5.40. The van der Waals surface area contributed by atoms with Gasteiger partial charge in [0.05, 0.1) is 18.8 Å². The standard InChI is InChI=1S/C15H18N4O/c1-11-4-2-7-15(17-11)19-8-9-20-13(10-19)12-5-3-6-14(16)18-12/h2-7,13H,8-10H2,1H3,(H2,16,18)/t13-/m0/s1. The lowest BCUT2D eigenvalue weighted by Gasteiger charge is -2.33. The molecule has 2 aromatic rings. The fourth-order valence-corrected chi connectivity index (χ4v) is 2.39. The van der Waals surface area contributed by atoms with Crippen LogP contribution in [0.5, 0.6) is 0 Å². The predicted octanol–water partition coefficient (Wildman–Crippen LogP) is 1.95. The fraction of sp³-hybridized carbons (Fsp3) is 0.333. The van der Waals surface area contributed by atoms with E-state index >= 15 is 0 Å². The summed E-state index contributed by atoms with van der Waals surface area (Å²) in [5.74, 6) is 1.51. The Morgan fingerprint density at radius 3 is 2.85 bits per heavy atom. The van der Waals surface area contributed by atoms with Crippen LogP contribution < -0.4 is 10.6 Å². The highest BCUT2D eigenvalue weighted by Gasteiger charge is 2.24. The minimum atomic E-state index is -0.0606. The molecule has 1 saturated heterocycles. The first-order valence-corrected chi connectivity index (χ1v) is 6.75. The van der Waals surface area contributed by atoms with Gasteiger partial charge in [-0.1, -0.05) is 12.1 Å². The van der Waals surface area contributed by atoms with Crippen molar-refractivity contribution in [1.29, 1.82) is 0 Å². The van der Waals surface area contributed by atoms with Crippen molar-refractivity contribution in [3.05, 3.63) is 47.8 Å². The van der Waals surface area contributed by atoms with E-state index in [0.717, 1.165) is 30.3 Å². The Kier molecular flexibility index (Phi) is 3.52. The zero-order valence-corrected chi connectivity index (χ0v) is 11.5. The van der Waals surface area contributed by atoms with Crippen LogP contribution in [0, 0.1) is 6.92 Å². The summed E-state index contributed by atoms with van der Waals surface area (Å²) in [7, 11) is 0. The number of hydrogen-bond acceptors (Lipinski definition) is 5. The number of morpholine rings is 1. The fourth-order valence-electron chi connectivity index (χ4n) is 2.39. The number of nitrogens with zero attached hydrogens (tertiary/aromatic N) is 3. The van der Waals surface area contributed by atoms with Gasteiger partial charge in [-0.15, -0.1) is 0 Å². The highest BCUT2D eigenvalue weighted by Crippen LogP contribution is 2.24. The first kappa shape index (κ1) is 12.9. The third kappa shape index (κ3) is 2.72. The van der Waals surface area contributed by atoms with E-state index < -0.39 is 0 Å². The van der Waals surface area contributed by atoms with Crippen LogP contribution in [0.3, 0.4) is 0 Å². The van der Waals surface area contributed by atoms with Gasteiger partial charge in [0.15, 0.2) is 0 Å². The molecule has 0 aromatic carbocycles. The number of ether oxygens (including phenoxy) is 1. The van der Waals surface area contributed by atoms with Gasteiger partial charge in [-0.2, -0.15) is 0 Å². The molecule has 5 nitrogen and oxygen atoms in total. The SMILES string of the molecule is Cc1cccc(N2CCO[C@H](c3cccc(N)n3)C2)n1. The normalized spacial score (nSPS) is 19.1. The van der Waals surface area contributed by atoms with E-state index in [4.69, 9.17) is 10.5 Å². The quantitative estimate of drug-likeness (QED) is 0.903. The smallest absolute Gasteiger partial charge is 0.128 e. The largest absolute Gasteiger partial charge is 0.384 e. The molecule has 0 bridgehead atoms. The van der Waals surface area contributed by atoms with Crippen LogP contribution in [0.15, 0.2) is 36.4 Å². The number of nitrogen functional groups attached to an aromatic ring is 1. The first-order valence-electron chi connectivity index (χ1n) is 6.75. The van der Waals surface area contributed by atoms with Crippen LogP contribution in [0.25, 0.3) is 0 Å². The molecule has 1 aliphatic rings. The van der Waals surface area contributed by atoms with Crippen LogP contribution in [0.2, 0.25) is 0 Å². The monoisotopic (exact) mass is 270 g/mol. The van der Waals surface area contributed by atoms with Crippen molar-refractivity contribution in [3.8, 4) is 0 Å². The number of pyridine rings is 2. The summed E-state index contributed by atoms with van der Waals surface area (Å²) in [5, 5.41) is 0. The Hall–Kier alpha value is -2.14. The second-order valence-corrected chi connectivity index (χ2v) is 4.93. The second-order valence-electron chi connectivity index (χ2n) is 4.93. The number of nitrogens with two attached hydrogens (primary N) is 1. The van der Waals surface area contributed by atoms with E-state index in [0.29, 0.717) is 12.4 Å². The highest BCUT2D eigenvalue weighted by atomic mass is 16.5. The van der Waals surface area contributed by atoms with E-state index in [1.165, 1.54) is 0 Å². The van der Waals surface area contributed by atoms with E-state index in [2.05, 4.69) is 14.9 Å². The Labute approximate surface area is 118 Å². The van der Waals surface area contributed by atoms with Crippen molar-refractivity contribution >= 4 is 11.6 Å². The Morgan fingerprint density at radius 2 is 2.05 bits per heavy atom. The zero-order chi connectivity index (χ0) is 13.9. The molecule has 5 heteroatoms. The average molecular weight is 270 g/mol. The lowest BCUT2D eigenvalue weighted by atomic mass is 10.2. The molecular weight excluding hydrogens is 252 g/mol. The van der Waals surface area contributed by atoms with Gasteiger partial charge < -0.3 is 15.4 Å². The minimum absolute atomic E-state index is 0.0606. The Morgan fingerprint density at radius 1 is 1.20 bits per heavy atom. The molecule has 1 atom stereocenters. The van der Waals surface area contributed by atoms with Crippen LogP contribution in [0.4, 0.5) is 11.6 Å². The van der Waals surface area contributed by atoms with Gasteiger partial charge >= 0.3 is 0 Å². The molecular formula is C15H18N4O. The van der Waals surface area contributed by atoms with Gasteiger partial charge in [0.2, 0.25) is 0 Å². The summed E-state index contributed by atoms with van der Waals surface area (Å²) < 4.78 is 5.81. The van der Waals surface area contributed by atoms with Gasteiger partial charge in [-0.05, 0) is 31.2 Å². The maximum Gasteiger partial charge on any atom is 0.128 e. The van der Waals surface area contributed by atoms with Crippen molar-refractivity contribution in [1.82, 2.24) is 9.97 Å². The molecule has 0 amide bonds. The van der Waals surface area contributed by atoms with Crippen molar-refractivity contribution in [2.75, 3.05) is 30.3 Å². The van der Waals surface area contributed by atoms with E-state index in [-0.39, 0.29) is 6.10 Å². The third-order valence-electron chi connectivity index (χ3n) is 3.39. The molecule has 0 saturated carbocycles. The molecule has 20 heavy (non-hydrogen) atoms. The average Bonchev–Trinajstić information content (AvgIpc) is 2.47. The number of anilines is 2. The Balaban J connectivity index is 1.80. The molecule has 3 rings (SSSR count). The first-order chi connectivity index (χ1) is 9.72. The third-order valence-corrected chi connectivity index (χ3v) is 3.39. The predicted molar refractivity (Wildman–Crippen MR) is 78.5 cm³/mol. The number of rotatable bonds is 2. The lowest BCUT2D eigenvalue weighted by Crippen LogP contribution is -2.39. The summed E-state index contributed by atoms with van der Waals surface area (Å²) in [4.78, 5) is 11.1. The van der Waals surface area contributed by atoms with Crippen LogP contribution in [-0.4, -0.2) is 29.7 Å². The molecule has 2 N–H and O–H groups in total. The summed E-state index contributed by atoms with van der Waals surface area (Å²) in [5.41, 5.74) is 7.64. The molecule has 104 valence electrons. The van der Waals surface area contributed by atoms with Crippen LogP contribution in [-0.2, 0) is 4.74 Å². The summed E-state index contributed by atoms with van der Waals surface area (Å²) in [6.07, 6.45) is -0.0606. The molecule has 3 heterocycles. The summed E-state index contributed by atoms with van der Waals surface area (Å²) in [6.45, 7) is 4.25. The number of hydrogen-bond donors (Lipinski definition) is 1. The van der Waals surface area contributed by atoms with Crippen LogP contribution in [0.1, 0.15) is 17.5 Å². The second kappa shape index (κ2) is 5.46. The van der Waals surface area contributed by atoms with Crippen molar-refractivity contribution < 1.29 is 4.74 Å². The van der Waals surface area contributed by atoms with E-state index in [9.17, 15) is 0 Å². The van der Waals surface area contributed by atoms with E-state index in [1.807, 2.05) is 37.3 Å². The van der Waals surface area contributed by atoms with Crippen molar-refractivity contribution in [2.45, 2.75) is 13.0 Å². The molecule has 0 aliphatic carbocycles. The molecule has 0 spiro atoms. The van der Waals surface area contributed by atoms with Gasteiger partial charge in [0.1, 0.15) is 17.7 Å². The maximum atomic E-state index is 5.81. The topological polar surface area (TPSA) is 64.3 Å². The maximum absolute atomic E-state index is 5.81. The number of aromatic nitrogens is 2. The lowest BCUT2D eigenvalue weighted by molar-refractivity contribution is 0.0368. The van der Waals surface area contributed by atoms with Crippen molar-refractivity contribution in [2.24, 2.45) is 0 Å². The summed E-state index contributed by atoms with van der Waals surface area (Å²) >= 11 is 0. The molecule has 0 radical (unpaired) electrons. The zero-order valence-electron chi connectivity index (χ0n) is 11.5. The number of aryl methyl sites for hydroxylation is 1. The van der Waals surface area contributed by atoms with Crippen LogP contribution >= 0.6 is 0 Å². The molecule has 0 unspecified atom stereocenters. The van der Waals surface area contributed by atoms with Gasteiger partial charge in [0, 0.05) is 12.2 Å².